The summed E-state index contributed by atoms with van der Waals surface area (Å²) in [7, 11) is 0. The van der Waals surface area contributed by atoms with E-state index in [0.717, 1.165) is 31.5 Å². The van der Waals surface area contributed by atoms with Gasteiger partial charge in [-0.2, -0.15) is 0 Å². The lowest BCUT2D eigenvalue weighted by atomic mass is 10.1. The average molecular weight is 463 g/mol. The molecule has 4 heterocycles. The highest BCUT2D eigenvalue weighted by Gasteiger charge is 2.23. The van der Waals surface area contributed by atoms with Crippen LogP contribution in [0.1, 0.15) is 24.8 Å². The molecule has 162 valence electrons. The molecule has 6 nitrogen and oxygen atoms in total. The van der Waals surface area contributed by atoms with Crippen molar-refractivity contribution in [3.63, 3.8) is 0 Å². The fourth-order valence-electron chi connectivity index (χ4n) is 4.12. The predicted molar refractivity (Wildman–Crippen MR) is 131 cm³/mol. The zero-order valence-corrected chi connectivity index (χ0v) is 19.1. The summed E-state index contributed by atoms with van der Waals surface area (Å²) < 4.78 is 3.55. The second kappa shape index (κ2) is 8.80. The van der Waals surface area contributed by atoms with Gasteiger partial charge in [0.25, 0.3) is 11.1 Å². The van der Waals surface area contributed by atoms with Gasteiger partial charge >= 0.3 is 0 Å². The zero-order chi connectivity index (χ0) is 22.1. The number of hydrogen-bond acceptors (Lipinski definition) is 6. The van der Waals surface area contributed by atoms with Gasteiger partial charge in [-0.15, -0.1) is 11.3 Å². The second-order valence-electron chi connectivity index (χ2n) is 7.88. The molecule has 0 unspecified atom stereocenters. The summed E-state index contributed by atoms with van der Waals surface area (Å²) in [6.45, 7) is 2.10. The van der Waals surface area contributed by atoms with Crippen molar-refractivity contribution in [2.75, 3.05) is 18.0 Å². The molecule has 4 aromatic rings. The van der Waals surface area contributed by atoms with Crippen molar-refractivity contribution in [3.05, 3.63) is 91.0 Å². The summed E-state index contributed by atoms with van der Waals surface area (Å²) in [6, 6.07) is 16.8. The topological polar surface area (TPSA) is 59.6 Å². The minimum atomic E-state index is -0.213. The van der Waals surface area contributed by atoms with E-state index in [9.17, 15) is 9.59 Å². The van der Waals surface area contributed by atoms with E-state index in [4.69, 9.17) is 17.2 Å². The zero-order valence-electron chi connectivity index (χ0n) is 17.4. The van der Waals surface area contributed by atoms with Crippen LogP contribution in [-0.2, 0) is 6.54 Å². The molecule has 1 aliphatic heterocycles. The lowest BCUT2D eigenvalue weighted by molar-refractivity contribution is 0.573. The molecule has 8 heteroatoms. The minimum Gasteiger partial charge on any atom is -0.356 e. The molecule has 0 bridgehead atoms. The summed E-state index contributed by atoms with van der Waals surface area (Å²) in [6.07, 6.45) is 5.00. The van der Waals surface area contributed by atoms with Crippen LogP contribution in [0.3, 0.4) is 0 Å². The van der Waals surface area contributed by atoms with Crippen LogP contribution in [0.2, 0.25) is 0 Å². The lowest BCUT2D eigenvalue weighted by Crippen LogP contribution is -2.33. The number of nitrogens with zero attached hydrogens (tertiary/aromatic N) is 4. The number of pyridine rings is 1. The van der Waals surface area contributed by atoms with E-state index in [-0.39, 0.29) is 11.1 Å². The van der Waals surface area contributed by atoms with Gasteiger partial charge in [-0.25, -0.2) is 4.98 Å². The number of rotatable bonds is 4. The molecule has 0 aliphatic carbocycles. The van der Waals surface area contributed by atoms with Crippen molar-refractivity contribution >= 4 is 35.0 Å². The molecule has 0 atom stereocenters. The van der Waals surface area contributed by atoms with E-state index in [1.54, 1.807) is 16.8 Å². The van der Waals surface area contributed by atoms with Crippen molar-refractivity contribution in [3.8, 4) is 10.4 Å². The Hall–Kier alpha value is -3.10. The summed E-state index contributed by atoms with van der Waals surface area (Å²) >= 11 is 6.89. The molecular weight excluding hydrogens is 440 g/mol. The molecule has 1 aromatic carbocycles. The number of anilines is 1. The first-order valence-electron chi connectivity index (χ1n) is 10.7. The van der Waals surface area contributed by atoms with Crippen molar-refractivity contribution in [1.29, 1.82) is 0 Å². The molecule has 0 radical (unpaired) electrons. The van der Waals surface area contributed by atoms with E-state index >= 15 is 0 Å². The van der Waals surface area contributed by atoms with E-state index in [1.165, 1.54) is 28.2 Å². The Morgan fingerprint density at radius 2 is 1.72 bits per heavy atom. The van der Waals surface area contributed by atoms with Gasteiger partial charge in [0.1, 0.15) is 17.0 Å². The van der Waals surface area contributed by atoms with Crippen molar-refractivity contribution < 1.29 is 0 Å². The molecule has 0 amide bonds. The molecule has 0 spiro atoms. The van der Waals surface area contributed by atoms with Gasteiger partial charge in [0, 0.05) is 25.4 Å². The third-order valence-electron chi connectivity index (χ3n) is 5.74. The summed E-state index contributed by atoms with van der Waals surface area (Å²) in [5.74, 6) is 0.645. The molecule has 1 aliphatic rings. The molecule has 32 heavy (non-hydrogen) atoms. The van der Waals surface area contributed by atoms with Crippen LogP contribution in [0.4, 0.5) is 5.82 Å². The Morgan fingerprint density at radius 1 is 0.969 bits per heavy atom. The van der Waals surface area contributed by atoms with E-state index in [1.807, 2.05) is 42.5 Å². The molecule has 0 N–H and O–H groups in total. The van der Waals surface area contributed by atoms with Crippen LogP contribution in [0, 0.1) is 3.95 Å². The van der Waals surface area contributed by atoms with Gasteiger partial charge in [-0.3, -0.25) is 18.6 Å². The fourth-order valence-corrected chi connectivity index (χ4v) is 5.43. The average Bonchev–Trinajstić information content (AvgIpc) is 2.82. The van der Waals surface area contributed by atoms with Crippen LogP contribution >= 0.6 is 23.6 Å². The first kappa shape index (κ1) is 20.8. The third kappa shape index (κ3) is 3.91. The maximum absolute atomic E-state index is 13.6. The number of fused-ring (bicyclic) bond motifs is 1. The lowest BCUT2D eigenvalue weighted by Gasteiger charge is -2.29. The maximum Gasteiger partial charge on any atom is 0.268 e. The number of aromatic nitrogens is 3. The Morgan fingerprint density at radius 3 is 2.47 bits per heavy atom. The van der Waals surface area contributed by atoms with Crippen molar-refractivity contribution in [1.82, 2.24) is 14.0 Å². The van der Waals surface area contributed by atoms with Gasteiger partial charge in [0.2, 0.25) is 0 Å². The van der Waals surface area contributed by atoms with Gasteiger partial charge in [0.15, 0.2) is 3.95 Å². The van der Waals surface area contributed by atoms with Crippen LogP contribution in [0.5, 0.6) is 0 Å². The monoisotopic (exact) mass is 462 g/mol. The fraction of sp³-hybridized carbons (Fsp3) is 0.250. The minimum absolute atomic E-state index is 0.179. The van der Waals surface area contributed by atoms with Gasteiger partial charge in [-0.05, 0) is 49.2 Å². The Balaban J connectivity index is 1.68. The molecule has 1 saturated heterocycles. The highest BCUT2D eigenvalue weighted by molar-refractivity contribution is 7.73. The Kier molecular flexibility index (Phi) is 5.71. The van der Waals surface area contributed by atoms with Crippen LogP contribution in [-0.4, -0.2) is 27.0 Å². The number of hydrogen-bond donors (Lipinski definition) is 0. The smallest absolute Gasteiger partial charge is 0.268 e. The molecule has 3 aromatic heterocycles. The highest BCUT2D eigenvalue weighted by Crippen LogP contribution is 2.30. The standard InChI is InChI=1S/C24H22N4O2S2/c29-20-15-18(32-24(31)28(20)16-17-9-3-1-4-10-17)21-22(26-12-6-2-7-13-26)25-19-11-5-8-14-27(19)23(21)30/h1,3-5,8-11,14-15H,2,6-7,12-13,16H2. The van der Waals surface area contributed by atoms with Gasteiger partial charge in [-0.1, -0.05) is 36.4 Å². The van der Waals surface area contributed by atoms with Crippen LogP contribution in [0.15, 0.2) is 70.4 Å². The van der Waals surface area contributed by atoms with Gasteiger partial charge in [0.05, 0.1) is 11.4 Å². The van der Waals surface area contributed by atoms with E-state index in [0.29, 0.717) is 32.4 Å². The predicted octanol–water partition coefficient (Wildman–Crippen LogP) is 4.35. The first-order valence-corrected chi connectivity index (χ1v) is 11.9. The maximum atomic E-state index is 13.6. The quantitative estimate of drug-likeness (QED) is 0.422. The Bertz CT molecular complexity index is 1420. The summed E-state index contributed by atoms with van der Waals surface area (Å²) in [5.41, 5.74) is 1.66. The second-order valence-corrected chi connectivity index (χ2v) is 9.55. The third-order valence-corrected chi connectivity index (χ3v) is 7.15. The molecular formula is C24H22N4O2S2. The summed E-state index contributed by atoms with van der Waals surface area (Å²) in [4.78, 5) is 34.2. The number of benzene rings is 1. The van der Waals surface area contributed by atoms with Crippen LogP contribution < -0.4 is 16.0 Å². The van der Waals surface area contributed by atoms with E-state index < -0.39 is 0 Å². The molecule has 5 rings (SSSR count). The Labute approximate surface area is 194 Å². The molecule has 1 fully saturated rings. The summed E-state index contributed by atoms with van der Waals surface area (Å²) in [5, 5.41) is 0. The largest absolute Gasteiger partial charge is 0.356 e. The van der Waals surface area contributed by atoms with Crippen molar-refractivity contribution in [2.45, 2.75) is 25.8 Å². The first-order chi connectivity index (χ1) is 15.6. The number of piperidine rings is 1. The van der Waals surface area contributed by atoms with Crippen molar-refractivity contribution in [2.24, 2.45) is 0 Å². The van der Waals surface area contributed by atoms with Gasteiger partial charge < -0.3 is 4.90 Å². The van der Waals surface area contributed by atoms with E-state index in [2.05, 4.69) is 4.90 Å². The highest BCUT2D eigenvalue weighted by atomic mass is 32.1. The molecule has 0 saturated carbocycles. The van der Waals surface area contributed by atoms with Crippen LogP contribution in [0.25, 0.3) is 16.1 Å². The SMILES string of the molecule is O=c1cc(-c2c(N3CCCCC3)nc3ccccn3c2=O)sc(=S)n1Cc1ccccc1. The normalized spacial score (nSPS) is 14.1.